The van der Waals surface area contributed by atoms with Gasteiger partial charge in [0.2, 0.25) is 5.91 Å². The lowest BCUT2D eigenvalue weighted by Gasteiger charge is -2.10. The summed E-state index contributed by atoms with van der Waals surface area (Å²) in [5.74, 6) is 0.844. The number of furan rings is 1. The Morgan fingerprint density at radius 1 is 1.29 bits per heavy atom. The maximum Gasteiger partial charge on any atom is 0.220 e. The largest absolute Gasteiger partial charge is 0.459 e. The average molecular weight is 299 g/mol. The molecule has 1 unspecified atom stereocenters. The van der Waals surface area contributed by atoms with Crippen molar-refractivity contribution in [3.8, 4) is 0 Å². The van der Waals surface area contributed by atoms with Crippen molar-refractivity contribution < 1.29 is 9.21 Å². The molecule has 108 valence electrons. The zero-order valence-electron chi connectivity index (χ0n) is 11.8. The van der Waals surface area contributed by atoms with Gasteiger partial charge in [-0.25, -0.2) is 0 Å². The van der Waals surface area contributed by atoms with Crippen LogP contribution in [0.4, 0.5) is 0 Å². The normalized spacial score (nSPS) is 12.4. The molecule has 0 fully saturated rings. The number of hydrogen-bond acceptors (Lipinski definition) is 3. The van der Waals surface area contributed by atoms with Crippen molar-refractivity contribution in [3.63, 3.8) is 0 Å². The van der Waals surface area contributed by atoms with Crippen LogP contribution in [0.2, 0.25) is 0 Å². The number of fused-ring (bicyclic) bond motifs is 1. The first-order chi connectivity index (χ1) is 10.2. The lowest BCUT2D eigenvalue weighted by molar-refractivity contribution is -0.121. The molecule has 21 heavy (non-hydrogen) atoms. The second kappa shape index (κ2) is 6.14. The van der Waals surface area contributed by atoms with Gasteiger partial charge in [0.15, 0.2) is 0 Å². The maximum atomic E-state index is 12.0. The number of rotatable bonds is 5. The van der Waals surface area contributed by atoms with Crippen LogP contribution in [0.5, 0.6) is 0 Å². The van der Waals surface area contributed by atoms with E-state index < -0.39 is 0 Å². The Morgan fingerprint density at radius 2 is 2.14 bits per heavy atom. The molecule has 1 aromatic carbocycles. The van der Waals surface area contributed by atoms with Crippen LogP contribution < -0.4 is 5.32 Å². The van der Waals surface area contributed by atoms with Gasteiger partial charge in [0.1, 0.15) is 11.3 Å². The first kappa shape index (κ1) is 13.9. The average Bonchev–Trinajstić information content (AvgIpc) is 3.14. The smallest absolute Gasteiger partial charge is 0.220 e. The highest BCUT2D eigenvalue weighted by Gasteiger charge is 2.14. The molecule has 3 nitrogen and oxygen atoms in total. The van der Waals surface area contributed by atoms with Gasteiger partial charge in [-0.1, -0.05) is 24.3 Å². The summed E-state index contributed by atoms with van der Waals surface area (Å²) in [5.41, 5.74) is 0.854. The SMILES string of the molecule is CC(NC(=O)CCc1cccs1)c1cc2ccccc2o1. The molecular weight excluding hydrogens is 282 g/mol. The van der Waals surface area contributed by atoms with E-state index in [0.29, 0.717) is 6.42 Å². The van der Waals surface area contributed by atoms with Crippen molar-refractivity contribution in [3.05, 3.63) is 58.5 Å². The minimum Gasteiger partial charge on any atom is -0.459 e. The third-order valence-corrected chi connectivity index (χ3v) is 4.36. The molecule has 2 aromatic heterocycles. The first-order valence-electron chi connectivity index (χ1n) is 7.02. The van der Waals surface area contributed by atoms with Gasteiger partial charge in [-0.2, -0.15) is 0 Å². The van der Waals surface area contributed by atoms with Crippen LogP contribution in [-0.4, -0.2) is 5.91 Å². The van der Waals surface area contributed by atoms with Crippen molar-refractivity contribution in [1.82, 2.24) is 5.32 Å². The summed E-state index contributed by atoms with van der Waals surface area (Å²) in [7, 11) is 0. The highest BCUT2D eigenvalue weighted by molar-refractivity contribution is 7.09. The third-order valence-electron chi connectivity index (χ3n) is 3.43. The van der Waals surface area contributed by atoms with Crippen LogP contribution in [0.15, 0.2) is 52.3 Å². The Kier molecular flexibility index (Phi) is 4.06. The van der Waals surface area contributed by atoms with Gasteiger partial charge in [0.25, 0.3) is 0 Å². The van der Waals surface area contributed by atoms with E-state index in [2.05, 4.69) is 11.4 Å². The number of carbonyl (C=O) groups is 1. The summed E-state index contributed by atoms with van der Waals surface area (Å²) in [6, 6.07) is 13.8. The van der Waals surface area contributed by atoms with Crippen LogP contribution >= 0.6 is 11.3 Å². The maximum absolute atomic E-state index is 12.0. The fourth-order valence-electron chi connectivity index (χ4n) is 2.29. The van der Waals surface area contributed by atoms with Crippen LogP contribution in [0.3, 0.4) is 0 Å². The Bertz CT molecular complexity index is 697. The van der Waals surface area contributed by atoms with Gasteiger partial charge in [-0.05, 0) is 36.9 Å². The van der Waals surface area contributed by atoms with Crippen LogP contribution in [-0.2, 0) is 11.2 Å². The molecule has 0 spiro atoms. The summed E-state index contributed by atoms with van der Waals surface area (Å²) in [6.45, 7) is 1.95. The van der Waals surface area contributed by atoms with Gasteiger partial charge in [-0.15, -0.1) is 11.3 Å². The molecule has 0 saturated carbocycles. The predicted octanol–water partition coefficient (Wildman–Crippen LogP) is 4.30. The highest BCUT2D eigenvalue weighted by atomic mass is 32.1. The van der Waals surface area contributed by atoms with Crippen molar-refractivity contribution >= 4 is 28.2 Å². The highest BCUT2D eigenvalue weighted by Crippen LogP contribution is 2.23. The molecule has 0 aliphatic carbocycles. The second-order valence-electron chi connectivity index (χ2n) is 5.06. The number of amides is 1. The van der Waals surface area contributed by atoms with E-state index in [-0.39, 0.29) is 11.9 Å². The van der Waals surface area contributed by atoms with Crippen molar-refractivity contribution in [2.45, 2.75) is 25.8 Å². The number of aryl methyl sites for hydroxylation is 1. The zero-order chi connectivity index (χ0) is 14.7. The van der Waals surface area contributed by atoms with Gasteiger partial charge in [0, 0.05) is 16.7 Å². The summed E-state index contributed by atoms with van der Waals surface area (Å²) in [5, 5.41) is 6.09. The van der Waals surface area contributed by atoms with Gasteiger partial charge < -0.3 is 9.73 Å². The van der Waals surface area contributed by atoms with Gasteiger partial charge in [-0.3, -0.25) is 4.79 Å². The first-order valence-corrected chi connectivity index (χ1v) is 7.90. The van der Waals surface area contributed by atoms with Crippen LogP contribution in [0.1, 0.15) is 30.0 Å². The Morgan fingerprint density at radius 3 is 2.90 bits per heavy atom. The molecule has 1 atom stereocenters. The molecule has 1 N–H and O–H groups in total. The number of benzene rings is 1. The minimum absolute atomic E-state index is 0.0522. The molecular formula is C17H17NO2S. The van der Waals surface area contributed by atoms with Crippen LogP contribution in [0, 0.1) is 0 Å². The monoisotopic (exact) mass is 299 g/mol. The number of thiophene rings is 1. The van der Waals surface area contributed by atoms with Gasteiger partial charge >= 0.3 is 0 Å². The topological polar surface area (TPSA) is 42.2 Å². The lowest BCUT2D eigenvalue weighted by atomic mass is 10.2. The molecule has 0 radical (unpaired) electrons. The molecule has 0 aliphatic rings. The fraction of sp³-hybridized carbons (Fsp3) is 0.235. The number of para-hydroxylation sites is 1. The number of hydrogen-bond donors (Lipinski definition) is 1. The Hall–Kier alpha value is -2.07. The summed E-state index contributed by atoms with van der Waals surface area (Å²) in [4.78, 5) is 13.2. The molecule has 3 aromatic rings. The molecule has 0 saturated heterocycles. The van der Waals surface area contributed by atoms with E-state index in [1.807, 2.05) is 48.7 Å². The Balaban J connectivity index is 1.60. The van der Waals surface area contributed by atoms with E-state index in [1.54, 1.807) is 11.3 Å². The second-order valence-corrected chi connectivity index (χ2v) is 6.09. The van der Waals surface area contributed by atoms with E-state index in [1.165, 1.54) is 4.88 Å². The van der Waals surface area contributed by atoms with E-state index >= 15 is 0 Å². The quantitative estimate of drug-likeness (QED) is 0.763. The molecule has 1 amide bonds. The van der Waals surface area contributed by atoms with Crippen molar-refractivity contribution in [1.29, 1.82) is 0 Å². The molecule has 4 heteroatoms. The summed E-state index contributed by atoms with van der Waals surface area (Å²) in [6.07, 6.45) is 1.29. The van der Waals surface area contributed by atoms with Crippen LogP contribution in [0.25, 0.3) is 11.0 Å². The predicted molar refractivity (Wildman–Crippen MR) is 85.4 cm³/mol. The zero-order valence-corrected chi connectivity index (χ0v) is 12.7. The molecule has 0 aliphatic heterocycles. The summed E-state index contributed by atoms with van der Waals surface area (Å²) >= 11 is 1.68. The summed E-state index contributed by atoms with van der Waals surface area (Å²) < 4.78 is 5.77. The lowest BCUT2D eigenvalue weighted by Crippen LogP contribution is -2.26. The van der Waals surface area contributed by atoms with E-state index in [0.717, 1.165) is 23.2 Å². The Labute approximate surface area is 127 Å². The van der Waals surface area contributed by atoms with Gasteiger partial charge in [0.05, 0.1) is 6.04 Å². The number of nitrogens with one attached hydrogen (secondary N) is 1. The fourth-order valence-corrected chi connectivity index (χ4v) is 3.00. The van der Waals surface area contributed by atoms with Crippen molar-refractivity contribution in [2.24, 2.45) is 0 Å². The molecule has 3 rings (SSSR count). The van der Waals surface area contributed by atoms with Crippen molar-refractivity contribution in [2.75, 3.05) is 0 Å². The standard InChI is InChI=1S/C17H17NO2S/c1-12(16-11-13-5-2-3-7-15(13)20-16)18-17(19)9-8-14-6-4-10-21-14/h2-7,10-12H,8-9H2,1H3,(H,18,19). The molecule has 2 heterocycles. The minimum atomic E-state index is -0.117. The molecule has 0 bridgehead atoms. The van der Waals surface area contributed by atoms with E-state index in [9.17, 15) is 4.79 Å². The number of carbonyl (C=O) groups excluding carboxylic acids is 1. The third kappa shape index (κ3) is 3.34. The van der Waals surface area contributed by atoms with E-state index in [4.69, 9.17) is 4.42 Å².